The molecule has 1 aliphatic rings. The number of carbonyl (C=O) groups excluding carboxylic acids is 1. The molecule has 11 heteroatoms. The van der Waals surface area contributed by atoms with E-state index in [2.05, 4.69) is 25.7 Å². The number of aromatic nitrogens is 4. The van der Waals surface area contributed by atoms with E-state index in [1.807, 2.05) is 57.2 Å². The Labute approximate surface area is 208 Å². The fraction of sp³-hybridized carbons (Fsp3) is 0.417. The molecule has 1 amide bonds. The van der Waals surface area contributed by atoms with Crippen molar-refractivity contribution in [3.63, 3.8) is 0 Å². The van der Waals surface area contributed by atoms with Crippen LogP contribution in [0.1, 0.15) is 19.4 Å². The Hall–Kier alpha value is -3.31. The summed E-state index contributed by atoms with van der Waals surface area (Å²) in [5.74, 6) is 1.23. The molecule has 0 atom stereocenters. The predicted molar refractivity (Wildman–Crippen MR) is 135 cm³/mol. The molecule has 1 aliphatic heterocycles. The normalized spacial score (nSPS) is 13.5. The van der Waals surface area contributed by atoms with Gasteiger partial charge in [0, 0.05) is 25.2 Å². The van der Waals surface area contributed by atoms with Crippen molar-refractivity contribution in [3.8, 4) is 17.2 Å². The number of nitrogens with zero attached hydrogens (tertiary/aromatic N) is 5. The Morgan fingerprint density at radius 1 is 1.11 bits per heavy atom. The molecule has 0 saturated carbocycles. The summed E-state index contributed by atoms with van der Waals surface area (Å²) >= 11 is 1.26. The second-order valence-corrected chi connectivity index (χ2v) is 8.77. The van der Waals surface area contributed by atoms with E-state index in [1.54, 1.807) is 4.68 Å². The number of tetrazole rings is 1. The number of ether oxygens (including phenoxy) is 3. The molecule has 10 nitrogen and oxygen atoms in total. The van der Waals surface area contributed by atoms with Crippen molar-refractivity contribution in [2.24, 2.45) is 0 Å². The lowest BCUT2D eigenvalue weighted by molar-refractivity contribution is -0.113. The van der Waals surface area contributed by atoms with Crippen LogP contribution in [0.25, 0.3) is 5.69 Å². The number of anilines is 2. The van der Waals surface area contributed by atoms with Gasteiger partial charge in [-0.15, -0.1) is 5.10 Å². The van der Waals surface area contributed by atoms with Crippen LogP contribution in [-0.4, -0.2) is 71.4 Å². The average Bonchev–Trinajstić information content (AvgIpc) is 3.34. The van der Waals surface area contributed by atoms with Gasteiger partial charge in [-0.05, 0) is 48.9 Å². The van der Waals surface area contributed by atoms with Crippen molar-refractivity contribution >= 4 is 29.0 Å². The second-order valence-electron chi connectivity index (χ2n) is 7.83. The molecule has 0 bridgehead atoms. The molecular formula is C24H30N6O4S. The third kappa shape index (κ3) is 6.23. The summed E-state index contributed by atoms with van der Waals surface area (Å²) in [6.45, 7) is 9.69. The topological polar surface area (TPSA) is 104 Å². The summed E-state index contributed by atoms with van der Waals surface area (Å²) in [6, 6.07) is 11.6. The monoisotopic (exact) mass is 498 g/mol. The molecule has 0 spiro atoms. The van der Waals surface area contributed by atoms with Crippen molar-refractivity contribution in [2.75, 3.05) is 55.5 Å². The highest BCUT2D eigenvalue weighted by atomic mass is 32.2. The first-order chi connectivity index (χ1) is 17.1. The van der Waals surface area contributed by atoms with Crippen molar-refractivity contribution < 1.29 is 19.0 Å². The summed E-state index contributed by atoms with van der Waals surface area (Å²) in [4.78, 5) is 15.1. The third-order valence-corrected chi connectivity index (χ3v) is 6.23. The van der Waals surface area contributed by atoms with Gasteiger partial charge in [0.2, 0.25) is 11.1 Å². The van der Waals surface area contributed by atoms with Crippen LogP contribution in [0.3, 0.4) is 0 Å². The van der Waals surface area contributed by atoms with E-state index in [4.69, 9.17) is 14.2 Å². The molecule has 2 aromatic carbocycles. The molecule has 1 aromatic heterocycles. The average molecular weight is 499 g/mol. The van der Waals surface area contributed by atoms with Crippen molar-refractivity contribution in [1.29, 1.82) is 0 Å². The highest BCUT2D eigenvalue weighted by Crippen LogP contribution is 2.39. The molecule has 1 saturated heterocycles. The van der Waals surface area contributed by atoms with Gasteiger partial charge < -0.3 is 24.4 Å². The molecule has 3 aromatic rings. The van der Waals surface area contributed by atoms with E-state index in [-0.39, 0.29) is 11.7 Å². The SMILES string of the molecule is CCOc1cc(N2CCOCC2)c(OCC)cc1NC(=O)CSc1nnnn1-c1cccc(C)c1. The van der Waals surface area contributed by atoms with Gasteiger partial charge in [-0.3, -0.25) is 4.79 Å². The molecule has 186 valence electrons. The van der Waals surface area contributed by atoms with Gasteiger partial charge in [0.05, 0.1) is 49.2 Å². The zero-order chi connectivity index (χ0) is 24.6. The van der Waals surface area contributed by atoms with Crippen LogP contribution in [0.2, 0.25) is 0 Å². The van der Waals surface area contributed by atoms with E-state index >= 15 is 0 Å². The van der Waals surface area contributed by atoms with Gasteiger partial charge in [0.25, 0.3) is 0 Å². The minimum Gasteiger partial charge on any atom is -0.492 e. The molecule has 0 unspecified atom stereocenters. The first kappa shape index (κ1) is 24.8. The molecule has 35 heavy (non-hydrogen) atoms. The van der Waals surface area contributed by atoms with Gasteiger partial charge in [0.1, 0.15) is 11.5 Å². The Balaban J connectivity index is 1.50. The number of carbonyl (C=O) groups is 1. The Morgan fingerprint density at radius 2 is 1.89 bits per heavy atom. The lowest BCUT2D eigenvalue weighted by Gasteiger charge is -2.31. The van der Waals surface area contributed by atoms with E-state index in [9.17, 15) is 4.79 Å². The molecule has 1 fully saturated rings. The summed E-state index contributed by atoms with van der Waals surface area (Å²) in [7, 11) is 0. The maximum Gasteiger partial charge on any atom is 0.234 e. The van der Waals surface area contributed by atoms with Crippen LogP contribution in [0.15, 0.2) is 41.6 Å². The molecule has 1 N–H and O–H groups in total. The number of benzene rings is 2. The lowest BCUT2D eigenvalue weighted by atomic mass is 10.2. The van der Waals surface area contributed by atoms with Gasteiger partial charge in [-0.2, -0.15) is 4.68 Å². The van der Waals surface area contributed by atoms with Crippen molar-refractivity contribution in [2.45, 2.75) is 25.9 Å². The fourth-order valence-electron chi connectivity index (χ4n) is 3.75. The zero-order valence-corrected chi connectivity index (χ0v) is 21.0. The number of hydrogen-bond donors (Lipinski definition) is 1. The highest BCUT2D eigenvalue weighted by Gasteiger charge is 2.21. The molecular weight excluding hydrogens is 468 g/mol. The Morgan fingerprint density at radius 3 is 2.63 bits per heavy atom. The number of amides is 1. The number of rotatable bonds is 10. The summed E-state index contributed by atoms with van der Waals surface area (Å²) in [6.07, 6.45) is 0. The van der Waals surface area contributed by atoms with Crippen LogP contribution in [0, 0.1) is 6.92 Å². The minimum atomic E-state index is -0.198. The Bertz CT molecular complexity index is 1150. The summed E-state index contributed by atoms with van der Waals surface area (Å²) in [5.41, 5.74) is 3.44. The van der Waals surface area contributed by atoms with E-state index in [0.717, 1.165) is 30.0 Å². The van der Waals surface area contributed by atoms with Crippen molar-refractivity contribution in [3.05, 3.63) is 42.0 Å². The fourth-order valence-corrected chi connectivity index (χ4v) is 4.44. The lowest BCUT2D eigenvalue weighted by Crippen LogP contribution is -2.36. The number of hydrogen-bond acceptors (Lipinski definition) is 9. The van der Waals surface area contributed by atoms with Crippen LogP contribution in [0.4, 0.5) is 11.4 Å². The van der Waals surface area contributed by atoms with Crippen LogP contribution < -0.4 is 19.7 Å². The van der Waals surface area contributed by atoms with Crippen LogP contribution >= 0.6 is 11.8 Å². The number of aryl methyl sites for hydroxylation is 1. The molecule has 2 heterocycles. The second kappa shape index (κ2) is 11.9. The van der Waals surface area contributed by atoms with Crippen LogP contribution in [-0.2, 0) is 9.53 Å². The van der Waals surface area contributed by atoms with Gasteiger partial charge in [-0.25, -0.2) is 0 Å². The summed E-state index contributed by atoms with van der Waals surface area (Å²) in [5, 5.41) is 15.4. The van der Waals surface area contributed by atoms with E-state index < -0.39 is 0 Å². The largest absolute Gasteiger partial charge is 0.492 e. The summed E-state index contributed by atoms with van der Waals surface area (Å²) < 4.78 is 18.9. The number of morpholine rings is 1. The smallest absolute Gasteiger partial charge is 0.234 e. The standard InChI is InChI=1S/C24H30N6O4S/c1-4-33-21-15-20(29-9-11-32-12-10-29)22(34-5-2)14-19(21)25-23(31)16-35-24-26-27-28-30(24)18-8-6-7-17(3)13-18/h6-8,13-15H,4-5,9-12,16H2,1-3H3,(H,25,31). The maximum atomic E-state index is 12.9. The quantitative estimate of drug-likeness (QED) is 0.422. The predicted octanol–water partition coefficient (Wildman–Crippen LogP) is 3.34. The van der Waals surface area contributed by atoms with Gasteiger partial charge >= 0.3 is 0 Å². The highest BCUT2D eigenvalue weighted by molar-refractivity contribution is 7.99. The first-order valence-electron chi connectivity index (χ1n) is 11.6. The number of nitrogens with one attached hydrogen (secondary N) is 1. The van der Waals surface area contributed by atoms with Crippen LogP contribution in [0.5, 0.6) is 11.5 Å². The minimum absolute atomic E-state index is 0.132. The van der Waals surface area contributed by atoms with Crippen molar-refractivity contribution in [1.82, 2.24) is 20.2 Å². The van der Waals surface area contributed by atoms with E-state index in [1.165, 1.54) is 11.8 Å². The molecule has 0 aliphatic carbocycles. The molecule has 0 radical (unpaired) electrons. The molecule has 4 rings (SSSR count). The van der Waals surface area contributed by atoms with Gasteiger partial charge in [0.15, 0.2) is 0 Å². The Kier molecular flexibility index (Phi) is 8.43. The third-order valence-electron chi connectivity index (χ3n) is 5.31. The van der Waals surface area contributed by atoms with Gasteiger partial charge in [-0.1, -0.05) is 23.9 Å². The van der Waals surface area contributed by atoms with E-state index in [0.29, 0.717) is 48.8 Å². The maximum absolute atomic E-state index is 12.9. The number of thioether (sulfide) groups is 1. The first-order valence-corrected chi connectivity index (χ1v) is 12.6. The zero-order valence-electron chi connectivity index (χ0n) is 20.2.